The number of halogens is 2. The third-order valence-corrected chi connectivity index (χ3v) is 5.55. The van der Waals surface area contributed by atoms with E-state index in [0.29, 0.717) is 37.7 Å². The molecule has 4 nitrogen and oxygen atoms in total. The number of para-hydroxylation sites is 1. The van der Waals surface area contributed by atoms with Crippen LogP contribution in [-0.2, 0) is 4.79 Å². The summed E-state index contributed by atoms with van der Waals surface area (Å²) in [5.41, 5.74) is 0.845. The van der Waals surface area contributed by atoms with Crippen LogP contribution in [0.4, 0.5) is 8.78 Å². The Labute approximate surface area is 169 Å². The second-order valence-corrected chi connectivity index (χ2v) is 7.46. The second kappa shape index (κ2) is 9.16. The van der Waals surface area contributed by atoms with E-state index in [9.17, 15) is 18.4 Å². The number of carbonyl (C=O) groups is 2. The zero-order valence-corrected chi connectivity index (χ0v) is 16.7. The molecule has 2 aromatic carbocycles. The molecule has 154 valence electrons. The molecule has 0 spiro atoms. The van der Waals surface area contributed by atoms with Gasteiger partial charge in [0.1, 0.15) is 17.4 Å². The highest BCUT2D eigenvalue weighted by atomic mass is 19.1. The van der Waals surface area contributed by atoms with Crippen molar-refractivity contribution in [1.29, 1.82) is 0 Å². The summed E-state index contributed by atoms with van der Waals surface area (Å²) in [5, 5.41) is 0. The predicted octanol–water partition coefficient (Wildman–Crippen LogP) is 4.94. The van der Waals surface area contributed by atoms with Crippen molar-refractivity contribution in [2.45, 2.75) is 39.0 Å². The molecule has 0 N–H and O–H groups in total. The van der Waals surface area contributed by atoms with Gasteiger partial charge < -0.3 is 9.64 Å². The van der Waals surface area contributed by atoms with E-state index in [0.717, 1.165) is 24.1 Å². The number of esters is 1. The molecule has 1 atom stereocenters. The van der Waals surface area contributed by atoms with Crippen LogP contribution in [0.2, 0.25) is 0 Å². The van der Waals surface area contributed by atoms with E-state index in [1.165, 1.54) is 4.90 Å². The highest BCUT2D eigenvalue weighted by Gasteiger charge is 2.30. The summed E-state index contributed by atoms with van der Waals surface area (Å²) < 4.78 is 32.6. The summed E-state index contributed by atoms with van der Waals surface area (Å²) in [7, 11) is 0. The molecule has 0 radical (unpaired) electrons. The molecule has 1 aliphatic heterocycles. The van der Waals surface area contributed by atoms with E-state index in [2.05, 4.69) is 13.8 Å². The zero-order chi connectivity index (χ0) is 21.0. The molecule has 1 heterocycles. The lowest BCUT2D eigenvalue weighted by Crippen LogP contribution is -2.41. The number of carbonyl (C=O) groups excluding carboxylic acids is 2. The van der Waals surface area contributed by atoms with Crippen LogP contribution in [0.15, 0.2) is 42.5 Å². The Kier molecular flexibility index (Phi) is 6.62. The van der Waals surface area contributed by atoms with Gasteiger partial charge in [-0.05, 0) is 48.9 Å². The minimum absolute atomic E-state index is 0.157. The zero-order valence-electron chi connectivity index (χ0n) is 16.7. The van der Waals surface area contributed by atoms with Crippen LogP contribution in [0.3, 0.4) is 0 Å². The number of likely N-dealkylation sites (tertiary alicyclic amines) is 1. The van der Waals surface area contributed by atoms with E-state index in [4.69, 9.17) is 4.74 Å². The average molecular weight is 401 g/mol. The number of piperidine rings is 1. The van der Waals surface area contributed by atoms with Crippen molar-refractivity contribution >= 4 is 11.9 Å². The molecular weight excluding hydrogens is 376 g/mol. The lowest BCUT2D eigenvalue weighted by atomic mass is 9.95. The van der Waals surface area contributed by atoms with Crippen LogP contribution in [0, 0.1) is 17.6 Å². The van der Waals surface area contributed by atoms with Crippen molar-refractivity contribution in [2.75, 3.05) is 13.1 Å². The highest BCUT2D eigenvalue weighted by Crippen LogP contribution is 2.30. The van der Waals surface area contributed by atoms with E-state index in [-0.39, 0.29) is 23.4 Å². The Balaban J connectivity index is 1.61. The van der Waals surface area contributed by atoms with Crippen LogP contribution in [0.1, 0.15) is 54.9 Å². The van der Waals surface area contributed by atoms with Crippen molar-refractivity contribution in [1.82, 2.24) is 4.90 Å². The first-order valence-corrected chi connectivity index (χ1v) is 9.95. The van der Waals surface area contributed by atoms with Gasteiger partial charge in [0.05, 0.1) is 11.5 Å². The Bertz CT molecular complexity index is 891. The first-order valence-electron chi connectivity index (χ1n) is 9.95. The molecule has 2 aromatic rings. The maximum atomic E-state index is 13.9. The highest BCUT2D eigenvalue weighted by molar-refractivity contribution is 5.94. The van der Waals surface area contributed by atoms with Gasteiger partial charge in [-0.2, -0.15) is 0 Å². The van der Waals surface area contributed by atoms with Crippen molar-refractivity contribution < 1.29 is 23.1 Å². The van der Waals surface area contributed by atoms with Gasteiger partial charge in [-0.3, -0.25) is 9.59 Å². The maximum absolute atomic E-state index is 13.9. The lowest BCUT2D eigenvalue weighted by Gasteiger charge is -2.31. The molecule has 1 amide bonds. The topological polar surface area (TPSA) is 46.6 Å². The first kappa shape index (κ1) is 21.0. The molecule has 1 aliphatic rings. The lowest BCUT2D eigenvalue weighted by molar-refractivity contribution is -0.140. The molecule has 0 bridgehead atoms. The fraction of sp³-hybridized carbons (Fsp3) is 0.391. The first-order chi connectivity index (χ1) is 13.9. The summed E-state index contributed by atoms with van der Waals surface area (Å²) in [6, 6.07) is 10.5. The number of nitrogens with zero attached hydrogens (tertiary/aromatic N) is 1. The molecule has 0 saturated carbocycles. The van der Waals surface area contributed by atoms with Crippen molar-refractivity contribution in [2.24, 2.45) is 5.92 Å². The summed E-state index contributed by atoms with van der Waals surface area (Å²) in [4.78, 5) is 26.6. The van der Waals surface area contributed by atoms with Crippen LogP contribution < -0.4 is 4.74 Å². The van der Waals surface area contributed by atoms with Gasteiger partial charge in [0, 0.05) is 19.2 Å². The molecule has 0 aliphatic carbocycles. The molecule has 6 heteroatoms. The van der Waals surface area contributed by atoms with Gasteiger partial charge in [0.25, 0.3) is 5.91 Å². The van der Waals surface area contributed by atoms with Crippen molar-refractivity contribution in [3.05, 3.63) is 65.2 Å². The van der Waals surface area contributed by atoms with Gasteiger partial charge in [0.2, 0.25) is 0 Å². The summed E-state index contributed by atoms with van der Waals surface area (Å²) in [5.74, 6) is -1.85. The maximum Gasteiger partial charge on any atom is 0.314 e. The minimum Gasteiger partial charge on any atom is -0.426 e. The van der Waals surface area contributed by atoms with Gasteiger partial charge in [0.15, 0.2) is 0 Å². The third-order valence-electron chi connectivity index (χ3n) is 5.55. The van der Waals surface area contributed by atoms with Crippen molar-refractivity contribution in [3.63, 3.8) is 0 Å². The van der Waals surface area contributed by atoms with E-state index in [1.54, 1.807) is 6.07 Å². The molecular formula is C23H25F2NO3. The van der Waals surface area contributed by atoms with E-state index in [1.807, 2.05) is 18.2 Å². The summed E-state index contributed by atoms with van der Waals surface area (Å²) in [6.07, 6.45) is 1.83. The largest absolute Gasteiger partial charge is 0.426 e. The summed E-state index contributed by atoms with van der Waals surface area (Å²) >= 11 is 0. The SMILES string of the molecule is CCC(C)c1ccccc1OC(=O)C1CCN(C(=O)c2ccc(F)cc2F)CC1. The number of benzene rings is 2. The molecule has 1 unspecified atom stereocenters. The Morgan fingerprint density at radius 1 is 1.14 bits per heavy atom. The molecule has 1 fully saturated rings. The molecule has 0 aromatic heterocycles. The quantitative estimate of drug-likeness (QED) is 0.527. The summed E-state index contributed by atoms with van der Waals surface area (Å²) in [6.45, 7) is 4.82. The molecule has 3 rings (SSSR count). The van der Waals surface area contributed by atoms with Crippen molar-refractivity contribution in [3.8, 4) is 5.75 Å². The number of ether oxygens (including phenoxy) is 1. The number of hydrogen-bond donors (Lipinski definition) is 0. The predicted molar refractivity (Wildman–Crippen MR) is 106 cm³/mol. The van der Waals surface area contributed by atoms with Crippen LogP contribution in [0.5, 0.6) is 5.75 Å². The standard InChI is InChI=1S/C23H25F2NO3/c1-3-15(2)18-6-4-5-7-21(18)29-23(28)16-10-12-26(13-11-16)22(27)19-9-8-17(24)14-20(19)25/h4-9,14-16H,3,10-13H2,1-2H3. The van der Waals surface area contributed by atoms with E-state index < -0.39 is 17.5 Å². The number of hydrogen-bond acceptors (Lipinski definition) is 3. The fourth-order valence-electron chi connectivity index (χ4n) is 3.54. The van der Waals surface area contributed by atoms with Crippen LogP contribution >= 0.6 is 0 Å². The van der Waals surface area contributed by atoms with Gasteiger partial charge in [-0.25, -0.2) is 8.78 Å². The van der Waals surface area contributed by atoms with Crippen LogP contribution in [-0.4, -0.2) is 29.9 Å². The third kappa shape index (κ3) is 4.81. The monoisotopic (exact) mass is 401 g/mol. The smallest absolute Gasteiger partial charge is 0.314 e. The molecule has 1 saturated heterocycles. The molecule has 29 heavy (non-hydrogen) atoms. The minimum atomic E-state index is -0.877. The Hall–Kier alpha value is -2.76. The van der Waals surface area contributed by atoms with Crippen LogP contribution in [0.25, 0.3) is 0 Å². The van der Waals surface area contributed by atoms with Gasteiger partial charge in [-0.15, -0.1) is 0 Å². The Morgan fingerprint density at radius 2 is 1.83 bits per heavy atom. The second-order valence-electron chi connectivity index (χ2n) is 7.46. The van der Waals surface area contributed by atoms with E-state index >= 15 is 0 Å². The average Bonchev–Trinajstić information content (AvgIpc) is 2.73. The Morgan fingerprint density at radius 3 is 2.48 bits per heavy atom. The number of amides is 1. The van der Waals surface area contributed by atoms with Gasteiger partial charge in [-0.1, -0.05) is 32.0 Å². The fourth-order valence-corrected chi connectivity index (χ4v) is 3.54. The number of rotatable bonds is 5. The van der Waals surface area contributed by atoms with Gasteiger partial charge >= 0.3 is 5.97 Å². The normalized spacial score (nSPS) is 15.8.